The van der Waals surface area contributed by atoms with E-state index in [1.165, 1.54) is 56.9 Å². The summed E-state index contributed by atoms with van der Waals surface area (Å²) in [6, 6.07) is 8.50. The van der Waals surface area contributed by atoms with Crippen LogP contribution in [0.5, 0.6) is 5.75 Å². The van der Waals surface area contributed by atoms with Gasteiger partial charge < -0.3 is 4.74 Å². The molecule has 0 heterocycles. The molecule has 0 unspecified atom stereocenters. The normalized spacial score (nSPS) is 10.6. The first-order chi connectivity index (χ1) is 9.38. The zero-order valence-corrected chi connectivity index (χ0v) is 12.8. The molecule has 0 fully saturated rings. The van der Waals surface area contributed by atoms with Crippen molar-refractivity contribution in [2.45, 2.75) is 71.6 Å². The molecule has 0 amide bonds. The summed E-state index contributed by atoms with van der Waals surface area (Å²) < 4.78 is 5.94. The third kappa shape index (κ3) is 7.25. The fraction of sp³-hybridized carbons (Fsp3) is 0.667. The molecule has 19 heavy (non-hydrogen) atoms. The van der Waals surface area contributed by atoms with E-state index in [0.717, 1.165) is 18.8 Å². The zero-order valence-electron chi connectivity index (χ0n) is 12.8. The van der Waals surface area contributed by atoms with Gasteiger partial charge in [-0.2, -0.15) is 0 Å². The van der Waals surface area contributed by atoms with Gasteiger partial charge in [-0.3, -0.25) is 0 Å². The van der Waals surface area contributed by atoms with Gasteiger partial charge in [-0.05, 0) is 30.9 Å². The number of hydrogen-bond donors (Lipinski definition) is 0. The van der Waals surface area contributed by atoms with Crippen LogP contribution < -0.4 is 4.74 Å². The van der Waals surface area contributed by atoms with Gasteiger partial charge in [0.2, 0.25) is 0 Å². The van der Waals surface area contributed by atoms with Crippen LogP contribution in [0.25, 0.3) is 0 Å². The molecule has 0 aliphatic heterocycles. The van der Waals surface area contributed by atoms with Crippen molar-refractivity contribution in [1.29, 1.82) is 0 Å². The highest BCUT2D eigenvalue weighted by Crippen LogP contribution is 2.20. The molecule has 0 saturated heterocycles. The molecule has 1 heteroatoms. The first-order valence-electron chi connectivity index (χ1n) is 8.09. The topological polar surface area (TPSA) is 9.23 Å². The summed E-state index contributed by atoms with van der Waals surface area (Å²) >= 11 is 0. The molecule has 0 aliphatic carbocycles. The molecule has 0 spiro atoms. The van der Waals surface area contributed by atoms with Crippen molar-refractivity contribution in [1.82, 2.24) is 0 Å². The molecule has 1 aromatic carbocycles. The van der Waals surface area contributed by atoms with E-state index >= 15 is 0 Å². The van der Waals surface area contributed by atoms with Crippen molar-refractivity contribution >= 4 is 0 Å². The molecule has 1 rings (SSSR count). The second kappa shape index (κ2) is 10.9. The number of rotatable bonds is 11. The molecule has 0 aliphatic rings. The molecule has 0 atom stereocenters. The number of hydrogen-bond acceptors (Lipinski definition) is 1. The van der Waals surface area contributed by atoms with E-state index in [-0.39, 0.29) is 0 Å². The fourth-order valence-electron chi connectivity index (χ4n) is 2.28. The molecule has 0 saturated carbocycles. The van der Waals surface area contributed by atoms with E-state index < -0.39 is 0 Å². The van der Waals surface area contributed by atoms with Crippen LogP contribution in [0, 0.1) is 0 Å². The van der Waals surface area contributed by atoms with Crippen molar-refractivity contribution in [3.63, 3.8) is 0 Å². The van der Waals surface area contributed by atoms with Crippen LogP contribution >= 0.6 is 0 Å². The number of benzene rings is 1. The summed E-state index contributed by atoms with van der Waals surface area (Å²) in [6.45, 7) is 5.37. The highest BCUT2D eigenvalue weighted by Gasteiger charge is 2.02. The Bertz CT molecular complexity index is 319. The van der Waals surface area contributed by atoms with Crippen LogP contribution in [0.1, 0.15) is 70.8 Å². The van der Waals surface area contributed by atoms with Gasteiger partial charge in [-0.15, -0.1) is 0 Å². The fourth-order valence-corrected chi connectivity index (χ4v) is 2.28. The van der Waals surface area contributed by atoms with Crippen molar-refractivity contribution in [2.75, 3.05) is 6.61 Å². The average molecular weight is 262 g/mol. The molecular formula is C18H30O. The van der Waals surface area contributed by atoms with Gasteiger partial charge in [0.25, 0.3) is 0 Å². The van der Waals surface area contributed by atoms with Gasteiger partial charge in [0, 0.05) is 0 Å². The highest BCUT2D eigenvalue weighted by molar-refractivity contribution is 5.33. The number of ether oxygens (including phenoxy) is 1. The van der Waals surface area contributed by atoms with Crippen LogP contribution in [0.4, 0.5) is 0 Å². The Hall–Kier alpha value is -0.980. The quantitative estimate of drug-likeness (QED) is 0.460. The van der Waals surface area contributed by atoms with Crippen molar-refractivity contribution in [2.24, 2.45) is 0 Å². The van der Waals surface area contributed by atoms with E-state index in [1.54, 1.807) is 0 Å². The number of unbranched alkanes of at least 4 members (excludes halogenated alkanes) is 6. The van der Waals surface area contributed by atoms with Gasteiger partial charge in [-0.25, -0.2) is 0 Å². The van der Waals surface area contributed by atoms with Crippen molar-refractivity contribution in [3.05, 3.63) is 29.8 Å². The Morgan fingerprint density at radius 3 is 2.26 bits per heavy atom. The molecule has 1 aromatic rings. The van der Waals surface area contributed by atoms with Crippen LogP contribution in [-0.2, 0) is 6.42 Å². The van der Waals surface area contributed by atoms with Gasteiger partial charge in [-0.1, -0.05) is 70.6 Å². The average Bonchev–Trinajstić information content (AvgIpc) is 2.45. The summed E-state index contributed by atoms with van der Waals surface area (Å²) in [7, 11) is 0. The van der Waals surface area contributed by atoms with Gasteiger partial charge in [0.15, 0.2) is 0 Å². The van der Waals surface area contributed by atoms with E-state index in [9.17, 15) is 0 Å². The minimum atomic E-state index is 0.870. The van der Waals surface area contributed by atoms with E-state index in [4.69, 9.17) is 4.74 Å². The van der Waals surface area contributed by atoms with Crippen molar-refractivity contribution < 1.29 is 4.74 Å². The lowest BCUT2D eigenvalue weighted by atomic mass is 10.1. The Morgan fingerprint density at radius 1 is 0.789 bits per heavy atom. The second-order valence-corrected chi connectivity index (χ2v) is 5.33. The molecule has 0 bridgehead atoms. The summed E-state index contributed by atoms with van der Waals surface area (Å²) in [6.07, 6.45) is 11.6. The standard InChI is InChI=1S/C18H30O/c1-3-5-7-8-9-12-16-19-18-15-11-10-14-17(18)13-6-4-2/h10-11,14-15H,3-9,12-13,16H2,1-2H3. The van der Waals surface area contributed by atoms with Gasteiger partial charge in [0.1, 0.15) is 5.75 Å². The van der Waals surface area contributed by atoms with E-state index in [1.807, 2.05) is 0 Å². The Kier molecular flexibility index (Phi) is 9.22. The minimum absolute atomic E-state index is 0.870. The van der Waals surface area contributed by atoms with E-state index in [0.29, 0.717) is 0 Å². The number of aryl methyl sites for hydroxylation is 1. The third-order valence-corrected chi connectivity index (χ3v) is 3.53. The smallest absolute Gasteiger partial charge is 0.122 e. The van der Waals surface area contributed by atoms with Crippen molar-refractivity contribution in [3.8, 4) is 5.75 Å². The Morgan fingerprint density at radius 2 is 1.47 bits per heavy atom. The first-order valence-corrected chi connectivity index (χ1v) is 8.09. The second-order valence-electron chi connectivity index (χ2n) is 5.33. The zero-order chi connectivity index (χ0) is 13.8. The summed E-state index contributed by atoms with van der Waals surface area (Å²) in [4.78, 5) is 0. The maximum atomic E-state index is 5.94. The molecule has 1 nitrogen and oxygen atoms in total. The monoisotopic (exact) mass is 262 g/mol. The van der Waals surface area contributed by atoms with Crippen LogP contribution in [-0.4, -0.2) is 6.61 Å². The molecule has 0 aromatic heterocycles. The van der Waals surface area contributed by atoms with Gasteiger partial charge >= 0.3 is 0 Å². The summed E-state index contributed by atoms with van der Waals surface area (Å²) in [5.74, 6) is 1.10. The molecule has 0 N–H and O–H groups in total. The minimum Gasteiger partial charge on any atom is -0.493 e. The Labute approximate surface area is 119 Å². The van der Waals surface area contributed by atoms with Crippen LogP contribution in [0.3, 0.4) is 0 Å². The lowest BCUT2D eigenvalue weighted by Gasteiger charge is -2.11. The third-order valence-electron chi connectivity index (χ3n) is 3.53. The molecular weight excluding hydrogens is 232 g/mol. The summed E-state index contributed by atoms with van der Waals surface area (Å²) in [5, 5.41) is 0. The lowest BCUT2D eigenvalue weighted by molar-refractivity contribution is 0.301. The molecule has 108 valence electrons. The largest absolute Gasteiger partial charge is 0.493 e. The Balaban J connectivity index is 2.21. The molecule has 0 radical (unpaired) electrons. The summed E-state index contributed by atoms with van der Waals surface area (Å²) in [5.41, 5.74) is 1.37. The first kappa shape index (κ1) is 16.1. The predicted molar refractivity (Wildman–Crippen MR) is 83.9 cm³/mol. The predicted octanol–water partition coefficient (Wildman–Crippen LogP) is 5.77. The SMILES string of the molecule is CCCCCCCCOc1ccccc1CCCC. The lowest BCUT2D eigenvalue weighted by Crippen LogP contribution is -2.00. The van der Waals surface area contributed by atoms with Crippen LogP contribution in [0.2, 0.25) is 0 Å². The maximum absolute atomic E-state index is 5.94. The van der Waals surface area contributed by atoms with Gasteiger partial charge in [0.05, 0.1) is 6.61 Å². The number of para-hydroxylation sites is 1. The maximum Gasteiger partial charge on any atom is 0.122 e. The van der Waals surface area contributed by atoms with E-state index in [2.05, 4.69) is 38.1 Å². The van der Waals surface area contributed by atoms with Crippen LogP contribution in [0.15, 0.2) is 24.3 Å². The highest BCUT2D eigenvalue weighted by atomic mass is 16.5.